The van der Waals surface area contributed by atoms with Crippen LogP contribution in [-0.4, -0.2) is 15.8 Å². The van der Waals surface area contributed by atoms with E-state index in [0.717, 1.165) is 14.8 Å². The highest BCUT2D eigenvalue weighted by Gasteiger charge is 2.14. The SMILES string of the molecule is CSc1ccc([S+]([O-])c2ccccc2)cn1. The fourth-order valence-corrected chi connectivity index (χ4v) is 2.66. The van der Waals surface area contributed by atoms with E-state index in [1.165, 1.54) is 0 Å². The Bertz CT molecular complexity index is 444. The third-order valence-electron chi connectivity index (χ3n) is 2.09. The smallest absolute Gasteiger partial charge is 0.176 e. The molecule has 0 aliphatic heterocycles. The van der Waals surface area contributed by atoms with Crippen LogP contribution < -0.4 is 0 Å². The van der Waals surface area contributed by atoms with Crippen LogP contribution >= 0.6 is 11.8 Å². The van der Waals surface area contributed by atoms with Crippen molar-refractivity contribution < 1.29 is 4.55 Å². The molecule has 0 saturated carbocycles. The second-order valence-electron chi connectivity index (χ2n) is 3.12. The number of rotatable bonds is 3. The Labute approximate surface area is 102 Å². The Morgan fingerprint density at radius 2 is 1.81 bits per heavy atom. The maximum Gasteiger partial charge on any atom is 0.176 e. The van der Waals surface area contributed by atoms with Crippen molar-refractivity contribution in [2.24, 2.45) is 0 Å². The monoisotopic (exact) mass is 249 g/mol. The molecule has 1 heterocycles. The molecule has 16 heavy (non-hydrogen) atoms. The Hall–Kier alpha value is -0.970. The van der Waals surface area contributed by atoms with Gasteiger partial charge in [0, 0.05) is 11.2 Å². The molecule has 1 unspecified atom stereocenters. The first-order valence-electron chi connectivity index (χ1n) is 4.78. The minimum Gasteiger partial charge on any atom is -0.606 e. The second-order valence-corrected chi connectivity index (χ2v) is 5.42. The summed E-state index contributed by atoms with van der Waals surface area (Å²) >= 11 is 0.446. The zero-order chi connectivity index (χ0) is 11.4. The van der Waals surface area contributed by atoms with Crippen LogP contribution in [0.15, 0.2) is 63.5 Å². The first-order chi connectivity index (χ1) is 7.81. The van der Waals surface area contributed by atoms with Crippen LogP contribution in [-0.2, 0) is 11.2 Å². The molecule has 0 aliphatic carbocycles. The molecule has 0 radical (unpaired) electrons. The lowest BCUT2D eigenvalue weighted by Crippen LogP contribution is -2.02. The normalized spacial score (nSPS) is 12.4. The molecule has 0 fully saturated rings. The molecule has 4 heteroatoms. The number of pyridine rings is 1. The van der Waals surface area contributed by atoms with Crippen molar-refractivity contribution in [3.63, 3.8) is 0 Å². The van der Waals surface area contributed by atoms with E-state index in [2.05, 4.69) is 4.98 Å². The summed E-state index contributed by atoms with van der Waals surface area (Å²) in [7, 11) is 0. The van der Waals surface area contributed by atoms with E-state index in [1.807, 2.05) is 48.7 Å². The van der Waals surface area contributed by atoms with Crippen molar-refractivity contribution in [2.75, 3.05) is 6.26 Å². The molecule has 0 aliphatic rings. The van der Waals surface area contributed by atoms with Crippen LogP contribution in [0.1, 0.15) is 0 Å². The molecule has 0 amide bonds. The summed E-state index contributed by atoms with van der Waals surface area (Å²) in [6.45, 7) is 0. The Morgan fingerprint density at radius 3 is 2.38 bits per heavy atom. The lowest BCUT2D eigenvalue weighted by atomic mass is 10.4. The Morgan fingerprint density at radius 1 is 1.06 bits per heavy atom. The topological polar surface area (TPSA) is 36.0 Å². The van der Waals surface area contributed by atoms with Gasteiger partial charge in [-0.1, -0.05) is 18.2 Å². The van der Waals surface area contributed by atoms with Crippen molar-refractivity contribution >= 4 is 22.9 Å². The van der Waals surface area contributed by atoms with Gasteiger partial charge in [-0.15, -0.1) is 11.8 Å². The highest BCUT2D eigenvalue weighted by Crippen LogP contribution is 2.21. The predicted molar refractivity (Wildman–Crippen MR) is 67.1 cm³/mol. The summed E-state index contributed by atoms with van der Waals surface area (Å²) in [5.74, 6) is 0. The largest absolute Gasteiger partial charge is 0.606 e. The first-order valence-corrected chi connectivity index (χ1v) is 7.15. The maximum atomic E-state index is 12.1. The summed E-state index contributed by atoms with van der Waals surface area (Å²) in [6.07, 6.45) is 3.64. The molecule has 2 rings (SSSR count). The van der Waals surface area contributed by atoms with E-state index < -0.39 is 11.2 Å². The van der Waals surface area contributed by atoms with E-state index in [0.29, 0.717) is 0 Å². The van der Waals surface area contributed by atoms with E-state index in [4.69, 9.17) is 0 Å². The van der Waals surface area contributed by atoms with Gasteiger partial charge in [-0.3, -0.25) is 0 Å². The molecule has 0 N–H and O–H groups in total. The summed E-state index contributed by atoms with van der Waals surface area (Å²) in [4.78, 5) is 5.76. The third kappa shape index (κ3) is 2.58. The Kier molecular flexibility index (Phi) is 3.88. The Balaban J connectivity index is 2.24. The molecule has 1 atom stereocenters. The van der Waals surface area contributed by atoms with Crippen molar-refractivity contribution in [3.05, 3.63) is 48.7 Å². The van der Waals surface area contributed by atoms with Crippen molar-refractivity contribution in [1.29, 1.82) is 0 Å². The summed E-state index contributed by atoms with van der Waals surface area (Å²) in [5.41, 5.74) is 0. The predicted octanol–water partition coefficient (Wildman–Crippen LogP) is 2.97. The number of hydrogen-bond donors (Lipinski definition) is 0. The summed E-state index contributed by atoms with van der Waals surface area (Å²) < 4.78 is 12.1. The molecule has 0 saturated heterocycles. The second kappa shape index (κ2) is 5.39. The van der Waals surface area contributed by atoms with E-state index >= 15 is 0 Å². The van der Waals surface area contributed by atoms with Gasteiger partial charge >= 0.3 is 0 Å². The van der Waals surface area contributed by atoms with Crippen LogP contribution in [0.25, 0.3) is 0 Å². The highest BCUT2D eigenvalue weighted by atomic mass is 32.2. The van der Waals surface area contributed by atoms with Gasteiger partial charge in [-0.25, -0.2) is 4.98 Å². The lowest BCUT2D eigenvalue weighted by Gasteiger charge is -2.09. The minimum atomic E-state index is -1.13. The fourth-order valence-electron chi connectivity index (χ4n) is 1.28. The lowest BCUT2D eigenvalue weighted by molar-refractivity contribution is 0.594. The number of hydrogen-bond acceptors (Lipinski definition) is 3. The average molecular weight is 249 g/mol. The minimum absolute atomic E-state index is 0.740. The van der Waals surface area contributed by atoms with Gasteiger partial charge in [-0.2, -0.15) is 0 Å². The zero-order valence-electron chi connectivity index (χ0n) is 8.79. The maximum absolute atomic E-state index is 12.1. The van der Waals surface area contributed by atoms with Crippen LogP contribution in [0.2, 0.25) is 0 Å². The van der Waals surface area contributed by atoms with Gasteiger partial charge < -0.3 is 4.55 Å². The number of aromatic nitrogens is 1. The molecule has 82 valence electrons. The average Bonchev–Trinajstić information content (AvgIpc) is 2.39. The third-order valence-corrected chi connectivity index (χ3v) is 4.12. The van der Waals surface area contributed by atoms with Crippen molar-refractivity contribution in [3.8, 4) is 0 Å². The highest BCUT2D eigenvalue weighted by molar-refractivity contribution is 7.98. The fraction of sp³-hybridized carbons (Fsp3) is 0.0833. The number of nitrogens with zero attached hydrogens (tertiary/aromatic N) is 1. The first kappa shape index (κ1) is 11.5. The molecule has 0 bridgehead atoms. The summed E-state index contributed by atoms with van der Waals surface area (Å²) in [6, 6.07) is 13.2. The van der Waals surface area contributed by atoms with Gasteiger partial charge in [0.2, 0.25) is 0 Å². The molecule has 2 nitrogen and oxygen atoms in total. The van der Waals surface area contributed by atoms with Crippen LogP contribution in [0.4, 0.5) is 0 Å². The van der Waals surface area contributed by atoms with E-state index in [1.54, 1.807) is 18.0 Å². The van der Waals surface area contributed by atoms with Gasteiger partial charge in [0.1, 0.15) is 0 Å². The van der Waals surface area contributed by atoms with Gasteiger partial charge in [-0.05, 0) is 30.5 Å². The number of benzene rings is 1. The van der Waals surface area contributed by atoms with Crippen LogP contribution in [0.5, 0.6) is 0 Å². The van der Waals surface area contributed by atoms with Crippen molar-refractivity contribution in [2.45, 2.75) is 14.8 Å². The van der Waals surface area contributed by atoms with Gasteiger partial charge in [0.25, 0.3) is 0 Å². The zero-order valence-corrected chi connectivity index (χ0v) is 10.4. The molecule has 0 spiro atoms. The van der Waals surface area contributed by atoms with Gasteiger partial charge in [0.15, 0.2) is 9.79 Å². The van der Waals surface area contributed by atoms with Crippen molar-refractivity contribution in [1.82, 2.24) is 4.98 Å². The van der Waals surface area contributed by atoms with Gasteiger partial charge in [0.05, 0.1) is 11.2 Å². The quantitative estimate of drug-likeness (QED) is 0.620. The summed E-state index contributed by atoms with van der Waals surface area (Å²) in [5, 5.41) is 0.939. The number of thioether (sulfide) groups is 1. The van der Waals surface area contributed by atoms with Crippen LogP contribution in [0, 0.1) is 0 Å². The molecule has 2 aromatic rings. The van der Waals surface area contributed by atoms with Crippen LogP contribution in [0.3, 0.4) is 0 Å². The van der Waals surface area contributed by atoms with E-state index in [-0.39, 0.29) is 0 Å². The van der Waals surface area contributed by atoms with E-state index in [9.17, 15) is 4.55 Å². The molecular formula is C12H11NOS2. The molecular weight excluding hydrogens is 238 g/mol. The molecule has 1 aromatic carbocycles. The standard InChI is InChI=1S/C12H11NOS2/c1-15-12-8-7-11(9-13-12)16(14)10-5-3-2-4-6-10/h2-9H,1H3. The molecule has 1 aromatic heterocycles.